The molecule has 0 spiro atoms. The molecule has 2 aliphatic rings. The quantitative estimate of drug-likeness (QED) is 0.809. The largest absolute Gasteiger partial charge is 0.490 e. The first-order valence-electron chi connectivity index (χ1n) is 8.02. The van der Waals surface area contributed by atoms with Gasteiger partial charge in [0.2, 0.25) is 5.91 Å². The van der Waals surface area contributed by atoms with Crippen LogP contribution in [0.4, 0.5) is 13.2 Å². The van der Waals surface area contributed by atoms with E-state index in [1.54, 1.807) is 18.4 Å². The number of likely N-dealkylation sites (N-methyl/N-ethyl adjacent to an activating group) is 1. The number of carboxylic acids is 1. The van der Waals surface area contributed by atoms with Gasteiger partial charge in [-0.2, -0.15) is 13.2 Å². The lowest BCUT2D eigenvalue weighted by molar-refractivity contribution is -0.192. The maximum Gasteiger partial charge on any atom is 0.490 e. The maximum absolute atomic E-state index is 11.6. The average molecular weight is 395 g/mol. The number of hydrogen-bond donors (Lipinski definition) is 2. The molecule has 146 valence electrons. The van der Waals surface area contributed by atoms with Gasteiger partial charge < -0.3 is 15.2 Å². The van der Waals surface area contributed by atoms with Crippen molar-refractivity contribution in [2.75, 3.05) is 13.6 Å². The molecule has 0 aromatic carbocycles. The molecule has 3 rings (SSSR count). The van der Waals surface area contributed by atoms with Crippen LogP contribution < -0.4 is 5.32 Å². The summed E-state index contributed by atoms with van der Waals surface area (Å²) in [5, 5.41) is 13.0. The minimum Gasteiger partial charge on any atom is -0.475 e. The summed E-state index contributed by atoms with van der Waals surface area (Å²) >= 11 is 1.70. The molecule has 0 bridgehead atoms. The predicted octanol–water partition coefficient (Wildman–Crippen LogP) is 1.64. The van der Waals surface area contributed by atoms with Crippen LogP contribution in [0.1, 0.15) is 24.3 Å². The number of thiazole rings is 1. The number of hydrogen-bond acceptors (Lipinski definition) is 6. The fourth-order valence-electron chi connectivity index (χ4n) is 3.07. The van der Waals surface area contributed by atoms with Gasteiger partial charge in [0.1, 0.15) is 11.1 Å². The number of amides is 1. The van der Waals surface area contributed by atoms with Crippen LogP contribution in [0.15, 0.2) is 11.6 Å². The molecule has 2 fully saturated rings. The number of carbonyl (C=O) groups excluding carboxylic acids is 1. The Kier molecular flexibility index (Phi) is 6.95. The topological polar surface area (TPSA) is 91.8 Å². The van der Waals surface area contributed by atoms with Crippen molar-refractivity contribution in [3.8, 4) is 0 Å². The van der Waals surface area contributed by atoms with Crippen molar-refractivity contribution in [1.29, 1.82) is 0 Å². The summed E-state index contributed by atoms with van der Waals surface area (Å²) in [5.74, 6) is -2.75. The van der Waals surface area contributed by atoms with E-state index < -0.39 is 12.1 Å². The Labute approximate surface area is 152 Å². The van der Waals surface area contributed by atoms with Gasteiger partial charge >= 0.3 is 12.1 Å². The number of nitrogens with zero attached hydrogens (tertiary/aromatic N) is 2. The smallest absolute Gasteiger partial charge is 0.475 e. The highest BCUT2D eigenvalue weighted by molar-refractivity contribution is 7.09. The number of carbonyl (C=O) groups is 2. The zero-order valence-corrected chi connectivity index (χ0v) is 14.8. The second-order valence-corrected chi connectivity index (χ2v) is 6.89. The average Bonchev–Trinajstić information content (AvgIpc) is 3.24. The van der Waals surface area contributed by atoms with Gasteiger partial charge in [0.15, 0.2) is 0 Å². The van der Waals surface area contributed by atoms with Gasteiger partial charge in [-0.05, 0) is 19.3 Å². The number of likely N-dealkylation sites (tertiary alicyclic amines) is 1. The molecular weight excluding hydrogens is 375 g/mol. The molecule has 2 aliphatic heterocycles. The third-order valence-corrected chi connectivity index (χ3v) is 5.03. The molecule has 2 saturated heterocycles. The molecule has 1 aromatic heterocycles. The van der Waals surface area contributed by atoms with E-state index in [4.69, 9.17) is 14.6 Å². The zero-order valence-electron chi connectivity index (χ0n) is 14.0. The lowest BCUT2D eigenvalue weighted by atomic mass is 9.98. The van der Waals surface area contributed by atoms with Crippen LogP contribution in [0.3, 0.4) is 0 Å². The van der Waals surface area contributed by atoms with Crippen LogP contribution in [0.25, 0.3) is 0 Å². The Hall–Kier alpha value is -1.72. The number of carboxylic acid groups (broad SMARTS) is 1. The fourth-order valence-corrected chi connectivity index (χ4v) is 3.71. The number of alkyl halides is 3. The summed E-state index contributed by atoms with van der Waals surface area (Å²) in [6.45, 7) is 1.95. The summed E-state index contributed by atoms with van der Waals surface area (Å²) in [6, 6.07) is 0.449. The molecule has 7 nitrogen and oxygen atoms in total. The molecule has 26 heavy (non-hydrogen) atoms. The SMILES string of the molecule is CNC(=O)[C@H]1CC[C@@H]2[C@@H](CCN2Cc2nccs2)O1.O=C(O)C(F)(F)F. The van der Waals surface area contributed by atoms with E-state index in [1.807, 2.05) is 11.6 Å². The summed E-state index contributed by atoms with van der Waals surface area (Å²) in [6.07, 6.45) is -0.415. The Balaban J connectivity index is 0.000000298. The number of aromatic nitrogens is 1. The molecule has 0 aliphatic carbocycles. The Morgan fingerprint density at radius 3 is 2.65 bits per heavy atom. The highest BCUT2D eigenvalue weighted by Crippen LogP contribution is 2.32. The number of rotatable bonds is 3. The Morgan fingerprint density at radius 2 is 2.12 bits per heavy atom. The van der Waals surface area contributed by atoms with E-state index in [1.165, 1.54) is 0 Å². The van der Waals surface area contributed by atoms with Crippen molar-refractivity contribution in [3.05, 3.63) is 16.6 Å². The van der Waals surface area contributed by atoms with Gasteiger partial charge in [-0.15, -0.1) is 11.3 Å². The number of halogens is 3. The highest BCUT2D eigenvalue weighted by atomic mass is 32.1. The van der Waals surface area contributed by atoms with Crippen LogP contribution in [0, 0.1) is 0 Å². The molecule has 0 saturated carbocycles. The summed E-state index contributed by atoms with van der Waals surface area (Å²) < 4.78 is 37.7. The molecule has 0 unspecified atom stereocenters. The fraction of sp³-hybridized carbons (Fsp3) is 0.667. The van der Waals surface area contributed by atoms with E-state index in [2.05, 4.69) is 15.2 Å². The van der Waals surface area contributed by atoms with Gasteiger partial charge in [0.05, 0.1) is 12.6 Å². The second-order valence-electron chi connectivity index (χ2n) is 5.91. The van der Waals surface area contributed by atoms with Gasteiger partial charge in [0, 0.05) is 31.2 Å². The number of nitrogens with one attached hydrogen (secondary N) is 1. The van der Waals surface area contributed by atoms with Crippen LogP contribution >= 0.6 is 11.3 Å². The first-order chi connectivity index (χ1) is 12.2. The summed E-state index contributed by atoms with van der Waals surface area (Å²) in [4.78, 5) is 27.3. The summed E-state index contributed by atoms with van der Waals surface area (Å²) in [7, 11) is 1.67. The van der Waals surface area contributed by atoms with Crippen molar-refractivity contribution in [2.45, 2.75) is 50.2 Å². The third-order valence-electron chi connectivity index (χ3n) is 4.27. The van der Waals surface area contributed by atoms with E-state index in [9.17, 15) is 18.0 Å². The molecular formula is C15H20F3N3O4S. The van der Waals surface area contributed by atoms with Crippen molar-refractivity contribution in [1.82, 2.24) is 15.2 Å². The lowest BCUT2D eigenvalue weighted by Gasteiger charge is -2.35. The number of ether oxygens (including phenoxy) is 1. The minimum atomic E-state index is -5.08. The van der Waals surface area contributed by atoms with E-state index in [-0.39, 0.29) is 18.1 Å². The van der Waals surface area contributed by atoms with E-state index >= 15 is 0 Å². The van der Waals surface area contributed by atoms with Gasteiger partial charge in [-0.1, -0.05) is 0 Å². The first kappa shape index (κ1) is 20.6. The van der Waals surface area contributed by atoms with Crippen molar-refractivity contribution < 1.29 is 32.6 Å². The first-order valence-corrected chi connectivity index (χ1v) is 8.90. The summed E-state index contributed by atoms with van der Waals surface area (Å²) in [5.41, 5.74) is 0. The predicted molar refractivity (Wildman–Crippen MR) is 86.6 cm³/mol. The van der Waals surface area contributed by atoms with E-state index in [0.29, 0.717) is 6.04 Å². The van der Waals surface area contributed by atoms with Gasteiger partial charge in [-0.25, -0.2) is 9.78 Å². The molecule has 0 radical (unpaired) electrons. The molecule has 3 atom stereocenters. The van der Waals surface area contributed by atoms with Crippen molar-refractivity contribution >= 4 is 23.2 Å². The normalized spacial score (nSPS) is 25.8. The standard InChI is InChI=1S/C13H19N3O2S.C2HF3O2/c1-14-13(17)11-3-2-9-10(18-11)4-6-16(9)8-12-15-5-7-19-12;3-2(4,5)1(6)7/h5,7,9-11H,2-4,6,8H2,1H3,(H,14,17);(H,6,7)/t9-,10-,11-;/m1./s1. The van der Waals surface area contributed by atoms with E-state index in [0.717, 1.165) is 37.4 Å². The van der Waals surface area contributed by atoms with Crippen molar-refractivity contribution in [2.24, 2.45) is 0 Å². The molecule has 1 aromatic rings. The zero-order chi connectivity index (χ0) is 19.3. The molecule has 11 heteroatoms. The number of fused-ring (bicyclic) bond motifs is 1. The minimum absolute atomic E-state index is 0.0109. The van der Waals surface area contributed by atoms with Crippen molar-refractivity contribution in [3.63, 3.8) is 0 Å². The molecule has 3 heterocycles. The number of aliphatic carboxylic acids is 1. The third kappa shape index (κ3) is 5.39. The monoisotopic (exact) mass is 395 g/mol. The lowest BCUT2D eigenvalue weighted by Crippen LogP contribution is -2.47. The maximum atomic E-state index is 11.6. The Bertz CT molecular complexity index is 612. The van der Waals surface area contributed by atoms with Gasteiger partial charge in [-0.3, -0.25) is 9.69 Å². The Morgan fingerprint density at radius 1 is 1.42 bits per heavy atom. The van der Waals surface area contributed by atoms with Crippen LogP contribution in [-0.4, -0.2) is 64.9 Å². The molecule has 2 N–H and O–H groups in total. The highest BCUT2D eigenvalue weighted by Gasteiger charge is 2.41. The van der Waals surface area contributed by atoms with Crippen LogP contribution in [-0.2, 0) is 20.9 Å². The van der Waals surface area contributed by atoms with Crippen LogP contribution in [0.5, 0.6) is 0 Å². The molecule has 1 amide bonds. The second kappa shape index (κ2) is 8.78. The van der Waals surface area contributed by atoms with Crippen LogP contribution in [0.2, 0.25) is 0 Å². The van der Waals surface area contributed by atoms with Gasteiger partial charge in [0.25, 0.3) is 0 Å².